The fraction of sp³-hybridized carbons (Fsp3) is 0. The van der Waals surface area contributed by atoms with Gasteiger partial charge in [-0.3, -0.25) is 4.79 Å². The summed E-state index contributed by atoms with van der Waals surface area (Å²) in [6.45, 7) is 0. The maximum absolute atomic E-state index is 12.7. The molecule has 1 aromatic carbocycles. The monoisotopic (exact) mass is 209 g/mol. The third kappa shape index (κ3) is 2.36. The Kier molecular flexibility index (Phi) is 4.00. The maximum atomic E-state index is 12.7. The molecule has 66 valence electrons. The van der Waals surface area contributed by atoms with Crippen molar-refractivity contribution < 1.29 is 9.18 Å². The van der Waals surface area contributed by atoms with E-state index in [9.17, 15) is 9.18 Å². The van der Waals surface area contributed by atoms with Crippen molar-refractivity contribution in [3.8, 4) is 0 Å². The summed E-state index contributed by atoms with van der Waals surface area (Å²) in [5.74, 6) is -0.690. The number of rotatable bonds is 1. The lowest BCUT2D eigenvalue weighted by Gasteiger charge is -1.96. The topological polar surface area (TPSA) is 43.1 Å². The lowest BCUT2D eigenvalue weighted by atomic mass is 10.2. The van der Waals surface area contributed by atoms with Crippen molar-refractivity contribution in [1.82, 2.24) is 0 Å². The quantitative estimate of drug-likeness (QED) is 0.570. The molecule has 2 nitrogen and oxygen atoms in total. The second kappa shape index (κ2) is 4.28. The van der Waals surface area contributed by atoms with Crippen LogP contribution in [0.15, 0.2) is 18.2 Å². The van der Waals surface area contributed by atoms with Crippen LogP contribution in [-0.4, -0.2) is 5.24 Å². The third-order valence-corrected chi connectivity index (χ3v) is 1.41. The number of hydrogen-bond acceptors (Lipinski definition) is 2. The van der Waals surface area contributed by atoms with Crippen LogP contribution in [0.2, 0.25) is 0 Å². The van der Waals surface area contributed by atoms with Crippen LogP contribution in [0.3, 0.4) is 0 Å². The third-order valence-electron chi connectivity index (χ3n) is 1.20. The molecule has 1 aromatic rings. The Bertz CT molecular complexity index is 303. The van der Waals surface area contributed by atoms with Crippen LogP contribution in [0.25, 0.3) is 0 Å². The minimum absolute atomic E-state index is 0. The lowest BCUT2D eigenvalue weighted by Crippen LogP contribution is -1.95. The van der Waals surface area contributed by atoms with Crippen molar-refractivity contribution in [3.63, 3.8) is 0 Å². The van der Waals surface area contributed by atoms with Crippen LogP contribution >= 0.6 is 24.0 Å². The Hall–Kier alpha value is -0.800. The molecule has 0 spiro atoms. The molecule has 0 aliphatic carbocycles. The smallest absolute Gasteiger partial charge is 0.255 e. The number of anilines is 1. The zero-order chi connectivity index (χ0) is 8.43. The number of nitrogen functional groups attached to an aromatic ring is 1. The number of nitrogens with two attached hydrogens (primary N) is 1. The fourth-order valence-corrected chi connectivity index (χ4v) is 0.844. The average Bonchev–Trinajstić information content (AvgIpc) is 1.85. The van der Waals surface area contributed by atoms with Crippen molar-refractivity contribution in [2.24, 2.45) is 0 Å². The first kappa shape index (κ1) is 11.2. The summed E-state index contributed by atoms with van der Waals surface area (Å²) in [5, 5.41) is -0.817. The van der Waals surface area contributed by atoms with Crippen LogP contribution in [0.1, 0.15) is 10.4 Å². The summed E-state index contributed by atoms with van der Waals surface area (Å²) in [5.41, 5.74) is 5.35. The predicted molar refractivity (Wildman–Crippen MR) is 48.2 cm³/mol. The minimum atomic E-state index is -0.817. The van der Waals surface area contributed by atoms with Crippen molar-refractivity contribution in [1.29, 1.82) is 0 Å². The first-order chi connectivity index (χ1) is 5.11. The molecular formula is C7H6Cl2FNO. The van der Waals surface area contributed by atoms with E-state index in [-0.39, 0.29) is 23.7 Å². The van der Waals surface area contributed by atoms with Gasteiger partial charge < -0.3 is 5.73 Å². The van der Waals surface area contributed by atoms with Crippen LogP contribution in [0.5, 0.6) is 0 Å². The van der Waals surface area contributed by atoms with E-state index < -0.39 is 11.1 Å². The molecule has 0 aliphatic heterocycles. The summed E-state index contributed by atoms with van der Waals surface area (Å²) in [6.07, 6.45) is 0. The molecule has 1 rings (SSSR count). The van der Waals surface area contributed by atoms with E-state index in [1.54, 1.807) is 0 Å². The van der Waals surface area contributed by atoms with Gasteiger partial charge in [0.05, 0.1) is 5.56 Å². The van der Waals surface area contributed by atoms with E-state index in [1.807, 2.05) is 0 Å². The van der Waals surface area contributed by atoms with Gasteiger partial charge in [-0.2, -0.15) is 0 Å². The predicted octanol–water partition coefficient (Wildman–Crippen LogP) is 2.21. The molecular weight excluding hydrogens is 204 g/mol. The highest BCUT2D eigenvalue weighted by atomic mass is 35.5. The molecule has 0 atom stereocenters. The van der Waals surface area contributed by atoms with Crippen LogP contribution < -0.4 is 5.73 Å². The van der Waals surface area contributed by atoms with Gasteiger partial charge in [0.1, 0.15) is 5.82 Å². The zero-order valence-electron chi connectivity index (χ0n) is 5.88. The highest BCUT2D eigenvalue weighted by molar-refractivity contribution is 6.67. The molecule has 0 saturated carbocycles. The van der Waals surface area contributed by atoms with E-state index in [2.05, 4.69) is 0 Å². The Morgan fingerprint density at radius 2 is 2.08 bits per heavy atom. The number of benzene rings is 1. The summed E-state index contributed by atoms with van der Waals surface area (Å²) in [4.78, 5) is 10.5. The van der Waals surface area contributed by atoms with Gasteiger partial charge in [0, 0.05) is 5.69 Å². The molecule has 0 unspecified atom stereocenters. The van der Waals surface area contributed by atoms with Gasteiger partial charge in [0.2, 0.25) is 0 Å². The molecule has 2 N–H and O–H groups in total. The number of carbonyl (C=O) groups excluding carboxylic acids is 1. The van der Waals surface area contributed by atoms with E-state index in [4.69, 9.17) is 17.3 Å². The zero-order valence-corrected chi connectivity index (χ0v) is 7.45. The highest BCUT2D eigenvalue weighted by Gasteiger charge is 2.07. The van der Waals surface area contributed by atoms with Crippen molar-refractivity contribution in [2.75, 3.05) is 5.73 Å². The van der Waals surface area contributed by atoms with Crippen molar-refractivity contribution in [2.45, 2.75) is 0 Å². The fourth-order valence-electron chi connectivity index (χ4n) is 0.691. The molecule has 0 aliphatic rings. The molecule has 0 radical (unpaired) electrons. The van der Waals surface area contributed by atoms with E-state index in [0.717, 1.165) is 6.07 Å². The van der Waals surface area contributed by atoms with Gasteiger partial charge >= 0.3 is 0 Å². The Morgan fingerprint density at radius 3 is 2.50 bits per heavy atom. The van der Waals surface area contributed by atoms with Gasteiger partial charge in [-0.1, -0.05) is 0 Å². The molecule has 0 saturated heterocycles. The maximum Gasteiger partial charge on any atom is 0.255 e. The van der Waals surface area contributed by atoms with Gasteiger partial charge in [-0.05, 0) is 29.8 Å². The minimum Gasteiger partial charge on any atom is -0.399 e. The van der Waals surface area contributed by atoms with E-state index >= 15 is 0 Å². The van der Waals surface area contributed by atoms with Crippen molar-refractivity contribution >= 4 is 34.9 Å². The summed E-state index contributed by atoms with van der Waals surface area (Å²) in [6, 6.07) is 3.72. The normalized spacial score (nSPS) is 8.83. The number of carbonyl (C=O) groups is 1. The van der Waals surface area contributed by atoms with E-state index in [0.29, 0.717) is 0 Å². The largest absolute Gasteiger partial charge is 0.399 e. The molecule has 0 bridgehead atoms. The highest BCUT2D eigenvalue weighted by Crippen LogP contribution is 2.13. The standard InChI is InChI=1S/C7H5ClFNO.ClH/c8-7(11)5-2-1-4(10)3-6(5)9;/h1-3H,10H2;1H. The summed E-state index contributed by atoms with van der Waals surface area (Å²) >= 11 is 5.04. The van der Waals surface area contributed by atoms with Crippen LogP contribution in [-0.2, 0) is 0 Å². The lowest BCUT2D eigenvalue weighted by molar-refractivity contribution is 0.107. The van der Waals surface area contributed by atoms with Gasteiger partial charge in [0.15, 0.2) is 0 Å². The average molecular weight is 210 g/mol. The Morgan fingerprint density at radius 1 is 1.50 bits per heavy atom. The van der Waals surface area contributed by atoms with Gasteiger partial charge in [0.25, 0.3) is 5.24 Å². The first-order valence-corrected chi connectivity index (χ1v) is 3.24. The molecule has 0 aromatic heterocycles. The SMILES string of the molecule is Cl.Nc1ccc(C(=O)Cl)c(F)c1. The summed E-state index contributed by atoms with van der Waals surface area (Å²) < 4.78 is 12.7. The van der Waals surface area contributed by atoms with Gasteiger partial charge in [-0.15, -0.1) is 12.4 Å². The number of halogens is 3. The van der Waals surface area contributed by atoms with Gasteiger partial charge in [-0.25, -0.2) is 4.39 Å². The van der Waals surface area contributed by atoms with Crippen molar-refractivity contribution in [3.05, 3.63) is 29.6 Å². The van der Waals surface area contributed by atoms with Crippen LogP contribution in [0, 0.1) is 5.82 Å². The Balaban J connectivity index is 0.00000121. The van der Waals surface area contributed by atoms with Crippen LogP contribution in [0.4, 0.5) is 10.1 Å². The summed E-state index contributed by atoms with van der Waals surface area (Å²) in [7, 11) is 0. The molecule has 0 amide bonds. The number of hydrogen-bond donors (Lipinski definition) is 1. The molecule has 0 heterocycles. The first-order valence-electron chi connectivity index (χ1n) is 2.86. The molecule has 5 heteroatoms. The second-order valence-corrected chi connectivity index (χ2v) is 2.36. The van der Waals surface area contributed by atoms with E-state index in [1.165, 1.54) is 12.1 Å². The molecule has 12 heavy (non-hydrogen) atoms. The molecule has 0 fully saturated rings. The Labute approximate surface area is 79.9 Å². The second-order valence-electron chi connectivity index (χ2n) is 2.01.